The molecule has 9 heteroatoms. The molecule has 0 radical (unpaired) electrons. The van der Waals surface area contributed by atoms with Crippen molar-refractivity contribution in [2.24, 2.45) is 10.9 Å². The Labute approximate surface area is 172 Å². The second-order valence-corrected chi connectivity index (χ2v) is 7.49. The fraction of sp³-hybridized carbons (Fsp3) is 0.333. The Morgan fingerprint density at radius 2 is 1.90 bits per heavy atom. The number of amidine groups is 1. The van der Waals surface area contributed by atoms with Crippen LogP contribution in [-0.2, 0) is 6.18 Å². The van der Waals surface area contributed by atoms with Crippen LogP contribution < -0.4 is 10.2 Å². The van der Waals surface area contributed by atoms with Crippen LogP contribution in [0, 0.1) is 5.92 Å². The minimum Gasteiger partial charge on any atom is -0.347 e. The summed E-state index contributed by atoms with van der Waals surface area (Å²) in [4.78, 5) is 19.3. The van der Waals surface area contributed by atoms with E-state index in [-0.39, 0.29) is 0 Å². The number of rotatable bonds is 5. The molecule has 2 aliphatic rings. The Hall–Kier alpha value is -3.23. The van der Waals surface area contributed by atoms with Gasteiger partial charge in [0.05, 0.1) is 12.1 Å². The number of halogens is 3. The summed E-state index contributed by atoms with van der Waals surface area (Å²) in [6.07, 6.45) is 3.20. The van der Waals surface area contributed by atoms with E-state index in [0.717, 1.165) is 12.1 Å². The van der Waals surface area contributed by atoms with Gasteiger partial charge in [-0.15, -0.1) is 0 Å². The lowest BCUT2D eigenvalue weighted by molar-refractivity contribution is -0.137. The molecule has 0 unspecified atom stereocenters. The van der Waals surface area contributed by atoms with Crippen molar-refractivity contribution < 1.29 is 13.2 Å². The Kier molecular flexibility index (Phi) is 5.27. The zero-order chi connectivity index (χ0) is 21.3. The van der Waals surface area contributed by atoms with Crippen molar-refractivity contribution in [3.05, 3.63) is 52.9 Å². The first-order chi connectivity index (χ1) is 14.3. The molecule has 0 bridgehead atoms. The number of benzene rings is 1. The van der Waals surface area contributed by atoms with E-state index in [1.165, 1.54) is 24.5 Å². The molecule has 2 heterocycles. The van der Waals surface area contributed by atoms with Crippen LogP contribution in [-0.4, -0.2) is 41.4 Å². The predicted molar refractivity (Wildman–Crippen MR) is 111 cm³/mol. The van der Waals surface area contributed by atoms with E-state index < -0.39 is 11.7 Å². The Morgan fingerprint density at radius 3 is 2.60 bits per heavy atom. The largest absolute Gasteiger partial charge is 0.416 e. The number of nitrogens with zero attached hydrogens (tertiary/aromatic N) is 5. The molecule has 1 fully saturated rings. The third-order valence-corrected chi connectivity index (χ3v) is 4.78. The second kappa shape index (κ2) is 7.89. The van der Waals surface area contributed by atoms with Crippen molar-refractivity contribution in [1.82, 2.24) is 15.0 Å². The summed E-state index contributed by atoms with van der Waals surface area (Å²) in [6.45, 7) is 0.695. The van der Waals surface area contributed by atoms with Crippen LogP contribution in [0.5, 0.6) is 0 Å². The van der Waals surface area contributed by atoms with Crippen LogP contribution >= 0.6 is 0 Å². The quantitative estimate of drug-likeness (QED) is 0.791. The zero-order valence-corrected chi connectivity index (χ0v) is 16.6. The number of anilines is 2. The fourth-order valence-corrected chi connectivity index (χ4v) is 3.04. The molecule has 2 aromatic rings. The summed E-state index contributed by atoms with van der Waals surface area (Å²) in [5.74, 6) is 2.46. The van der Waals surface area contributed by atoms with Crippen LogP contribution in [0.4, 0.5) is 25.1 Å². The summed E-state index contributed by atoms with van der Waals surface area (Å²) in [7, 11) is 3.61. The van der Waals surface area contributed by atoms with E-state index in [4.69, 9.17) is 0 Å². The number of hydrogen-bond acceptors (Lipinski definition) is 6. The van der Waals surface area contributed by atoms with Gasteiger partial charge in [0.1, 0.15) is 5.84 Å². The van der Waals surface area contributed by atoms with Crippen LogP contribution in [0.3, 0.4) is 0 Å². The number of aromatic nitrogens is 3. The summed E-state index contributed by atoms with van der Waals surface area (Å²) in [5.41, 5.74) is 1.03. The van der Waals surface area contributed by atoms with Gasteiger partial charge in [0.2, 0.25) is 11.9 Å². The number of hydrogen-bond donors (Lipinski definition) is 1. The average molecular weight is 414 g/mol. The third kappa shape index (κ3) is 4.84. The first kappa shape index (κ1) is 20.1. The Morgan fingerprint density at radius 1 is 1.10 bits per heavy atom. The lowest BCUT2D eigenvalue weighted by Gasteiger charge is -2.12. The standard InChI is InChI=1S/C21H21F3N6/c1-30(2)20-28-17(9-6-13-4-3-5-16(10-13)21(22,23)24)26-19(29-20)27-18-11-15(12-25-18)14-7-8-14/h3-6,9-11,14H,7-8,12H2,1-2H3,(H,25,26,27,28,29)/b9-6+. The monoisotopic (exact) mass is 414 g/mol. The molecule has 1 aromatic carbocycles. The van der Waals surface area contributed by atoms with Gasteiger partial charge in [0, 0.05) is 14.1 Å². The fourth-order valence-electron chi connectivity index (χ4n) is 3.04. The molecule has 1 aliphatic heterocycles. The normalized spacial score (nSPS) is 16.6. The minimum absolute atomic E-state index is 0.332. The van der Waals surface area contributed by atoms with Gasteiger partial charge in [-0.25, -0.2) is 0 Å². The van der Waals surface area contributed by atoms with E-state index in [2.05, 4.69) is 25.3 Å². The van der Waals surface area contributed by atoms with Crippen molar-refractivity contribution in [2.45, 2.75) is 19.0 Å². The van der Waals surface area contributed by atoms with Gasteiger partial charge in [-0.05, 0) is 54.2 Å². The molecule has 0 amide bonds. The maximum atomic E-state index is 12.9. The molecule has 1 aliphatic carbocycles. The molecule has 30 heavy (non-hydrogen) atoms. The minimum atomic E-state index is -4.39. The van der Waals surface area contributed by atoms with Crippen LogP contribution in [0.1, 0.15) is 29.8 Å². The van der Waals surface area contributed by atoms with Gasteiger partial charge in [0.25, 0.3) is 0 Å². The van der Waals surface area contributed by atoms with Gasteiger partial charge >= 0.3 is 6.18 Å². The van der Waals surface area contributed by atoms with Crippen molar-refractivity contribution in [3.63, 3.8) is 0 Å². The van der Waals surface area contributed by atoms with Gasteiger partial charge in [-0.1, -0.05) is 18.2 Å². The smallest absolute Gasteiger partial charge is 0.347 e. The maximum Gasteiger partial charge on any atom is 0.416 e. The van der Waals surface area contributed by atoms with Crippen molar-refractivity contribution >= 4 is 29.9 Å². The molecule has 1 N–H and O–H groups in total. The molecule has 0 atom stereocenters. The zero-order valence-electron chi connectivity index (χ0n) is 16.6. The molecular formula is C21H21F3N6. The second-order valence-electron chi connectivity index (χ2n) is 7.49. The lowest BCUT2D eigenvalue weighted by atomic mass is 10.1. The van der Waals surface area contributed by atoms with Gasteiger partial charge < -0.3 is 10.2 Å². The first-order valence-electron chi connectivity index (χ1n) is 9.58. The molecule has 156 valence electrons. The van der Waals surface area contributed by atoms with Gasteiger partial charge in [-0.3, -0.25) is 4.99 Å². The number of nitrogens with one attached hydrogen (secondary N) is 1. The maximum absolute atomic E-state index is 12.9. The van der Waals surface area contributed by atoms with E-state index in [1.807, 2.05) is 6.08 Å². The lowest BCUT2D eigenvalue weighted by Crippen LogP contribution is -2.17. The molecule has 0 spiro atoms. The molecular weight excluding hydrogens is 393 g/mol. The molecule has 4 rings (SSSR count). The SMILES string of the molecule is CN(C)c1nc(/C=C/c2cccc(C(F)(F)F)c2)nc(NC2=NCC(C3CC3)=C2)n1. The highest BCUT2D eigenvalue weighted by Crippen LogP contribution is 2.37. The third-order valence-electron chi connectivity index (χ3n) is 4.78. The summed E-state index contributed by atoms with van der Waals surface area (Å²) < 4.78 is 38.7. The predicted octanol–water partition coefficient (Wildman–Crippen LogP) is 4.29. The van der Waals surface area contributed by atoms with E-state index in [1.54, 1.807) is 37.2 Å². The van der Waals surface area contributed by atoms with Gasteiger partial charge in [-0.2, -0.15) is 28.1 Å². The van der Waals surface area contributed by atoms with Crippen LogP contribution in [0.15, 0.2) is 40.9 Å². The number of aliphatic imine (C=N–C) groups is 1. The van der Waals surface area contributed by atoms with Crippen molar-refractivity contribution in [1.29, 1.82) is 0 Å². The van der Waals surface area contributed by atoms with Gasteiger partial charge in [0.15, 0.2) is 5.82 Å². The Balaban J connectivity index is 1.56. The highest BCUT2D eigenvalue weighted by atomic mass is 19.4. The van der Waals surface area contributed by atoms with E-state index in [0.29, 0.717) is 41.6 Å². The van der Waals surface area contributed by atoms with Crippen molar-refractivity contribution in [2.75, 3.05) is 30.9 Å². The first-order valence-corrected chi connectivity index (χ1v) is 9.58. The van der Waals surface area contributed by atoms with E-state index >= 15 is 0 Å². The molecule has 6 nitrogen and oxygen atoms in total. The molecule has 0 saturated heterocycles. The van der Waals surface area contributed by atoms with Crippen LogP contribution in [0.25, 0.3) is 12.2 Å². The molecule has 1 aromatic heterocycles. The molecule has 1 saturated carbocycles. The highest BCUT2D eigenvalue weighted by molar-refractivity contribution is 6.05. The van der Waals surface area contributed by atoms with E-state index in [9.17, 15) is 13.2 Å². The summed E-state index contributed by atoms with van der Waals surface area (Å²) >= 11 is 0. The topological polar surface area (TPSA) is 66.3 Å². The summed E-state index contributed by atoms with van der Waals surface area (Å²) in [5, 5.41) is 3.12. The number of alkyl halides is 3. The average Bonchev–Trinajstić information content (AvgIpc) is 3.45. The van der Waals surface area contributed by atoms with Crippen molar-refractivity contribution in [3.8, 4) is 0 Å². The van der Waals surface area contributed by atoms with Crippen LogP contribution in [0.2, 0.25) is 0 Å². The summed E-state index contributed by atoms with van der Waals surface area (Å²) in [6, 6.07) is 5.09. The Bertz CT molecular complexity index is 1040. The highest BCUT2D eigenvalue weighted by Gasteiger charge is 2.30.